The van der Waals surface area contributed by atoms with Crippen molar-refractivity contribution in [3.05, 3.63) is 18.2 Å². The molecule has 1 aromatic rings. The highest BCUT2D eigenvalue weighted by atomic mass is 35.5. The van der Waals surface area contributed by atoms with Gasteiger partial charge in [-0.25, -0.2) is 16.8 Å². The number of ether oxygens (including phenoxy) is 1. The molecule has 138 valence electrons. The van der Waals surface area contributed by atoms with Crippen molar-refractivity contribution in [2.75, 3.05) is 33.5 Å². The van der Waals surface area contributed by atoms with Crippen molar-refractivity contribution in [3.8, 4) is 5.75 Å². The molecule has 24 heavy (non-hydrogen) atoms. The van der Waals surface area contributed by atoms with E-state index in [0.29, 0.717) is 12.8 Å². The molecule has 0 spiro atoms. The number of methoxy groups -OCH3 is 1. The standard InChI is InChI=1S/C14H22N2O5S2.ClH/c1-16(11-6-8-15-9-7-11)23(19,20)14-10-12(22(3,17)18)4-5-13(14)21-2;/h4-5,10-11,15H,6-9H2,1-3H3;1H. The number of hydrogen-bond acceptors (Lipinski definition) is 6. The summed E-state index contributed by atoms with van der Waals surface area (Å²) in [6.45, 7) is 1.51. The van der Waals surface area contributed by atoms with Gasteiger partial charge in [-0.3, -0.25) is 0 Å². The number of rotatable bonds is 5. The summed E-state index contributed by atoms with van der Waals surface area (Å²) < 4.78 is 55.7. The quantitative estimate of drug-likeness (QED) is 0.791. The van der Waals surface area contributed by atoms with Gasteiger partial charge in [-0.1, -0.05) is 0 Å². The lowest BCUT2D eigenvalue weighted by Gasteiger charge is -2.31. The van der Waals surface area contributed by atoms with E-state index in [-0.39, 0.29) is 34.0 Å². The van der Waals surface area contributed by atoms with Gasteiger partial charge in [0.25, 0.3) is 0 Å². The first-order valence-corrected chi connectivity index (χ1v) is 10.6. The second kappa shape index (κ2) is 8.01. The van der Waals surface area contributed by atoms with Crippen LogP contribution in [0, 0.1) is 0 Å². The molecule has 1 aliphatic heterocycles. The largest absolute Gasteiger partial charge is 0.495 e. The Balaban J connectivity index is 0.00000288. The molecular weight excluding hydrogens is 376 g/mol. The zero-order chi connectivity index (χ0) is 17.3. The summed E-state index contributed by atoms with van der Waals surface area (Å²) in [7, 11) is -4.47. The molecule has 10 heteroatoms. The van der Waals surface area contributed by atoms with Crippen molar-refractivity contribution in [2.45, 2.75) is 28.7 Å². The zero-order valence-electron chi connectivity index (χ0n) is 13.9. The van der Waals surface area contributed by atoms with Crippen LogP contribution in [0.5, 0.6) is 5.75 Å². The Hall–Kier alpha value is -0.870. The SMILES string of the molecule is COc1ccc(S(C)(=O)=O)cc1S(=O)(=O)N(C)C1CCNCC1.Cl. The molecule has 0 saturated carbocycles. The minimum atomic E-state index is -3.85. The molecule has 1 heterocycles. The maximum absolute atomic E-state index is 12.9. The molecule has 1 aromatic carbocycles. The summed E-state index contributed by atoms with van der Waals surface area (Å²) in [6.07, 6.45) is 2.47. The molecule has 0 radical (unpaired) electrons. The molecule has 1 aliphatic rings. The van der Waals surface area contributed by atoms with Crippen LogP contribution in [0.4, 0.5) is 0 Å². The fourth-order valence-corrected chi connectivity index (χ4v) is 4.93. The molecule has 0 aliphatic carbocycles. The van der Waals surface area contributed by atoms with Crippen LogP contribution in [0.25, 0.3) is 0 Å². The summed E-state index contributed by atoms with van der Waals surface area (Å²) in [4.78, 5) is -0.167. The van der Waals surface area contributed by atoms with Crippen LogP contribution in [0.3, 0.4) is 0 Å². The van der Waals surface area contributed by atoms with Crippen molar-refractivity contribution < 1.29 is 21.6 Å². The van der Waals surface area contributed by atoms with E-state index in [4.69, 9.17) is 4.74 Å². The molecule has 0 amide bonds. The number of nitrogens with one attached hydrogen (secondary N) is 1. The van der Waals surface area contributed by atoms with E-state index in [1.54, 1.807) is 0 Å². The van der Waals surface area contributed by atoms with E-state index < -0.39 is 19.9 Å². The van der Waals surface area contributed by atoms with Crippen LogP contribution in [-0.4, -0.2) is 60.7 Å². The lowest BCUT2D eigenvalue weighted by Crippen LogP contribution is -2.43. The molecule has 1 fully saturated rings. The Morgan fingerprint density at radius 1 is 1.17 bits per heavy atom. The van der Waals surface area contributed by atoms with Gasteiger partial charge >= 0.3 is 0 Å². The second-order valence-electron chi connectivity index (χ2n) is 5.59. The Morgan fingerprint density at radius 3 is 2.25 bits per heavy atom. The van der Waals surface area contributed by atoms with E-state index in [2.05, 4.69) is 5.32 Å². The molecule has 1 N–H and O–H groups in total. The van der Waals surface area contributed by atoms with E-state index >= 15 is 0 Å². The van der Waals surface area contributed by atoms with E-state index in [9.17, 15) is 16.8 Å². The average Bonchev–Trinajstić information content (AvgIpc) is 2.53. The number of sulfone groups is 1. The third-order valence-corrected chi connectivity index (χ3v) is 7.08. The maximum Gasteiger partial charge on any atom is 0.246 e. The Kier molecular flexibility index (Phi) is 7.06. The smallest absolute Gasteiger partial charge is 0.246 e. The highest BCUT2D eigenvalue weighted by Gasteiger charge is 2.32. The molecule has 0 atom stereocenters. The third-order valence-electron chi connectivity index (χ3n) is 4.04. The van der Waals surface area contributed by atoms with Gasteiger partial charge in [0.15, 0.2) is 9.84 Å². The lowest BCUT2D eigenvalue weighted by atomic mass is 10.1. The monoisotopic (exact) mass is 398 g/mol. The summed E-state index contributed by atoms with van der Waals surface area (Å²) in [5.41, 5.74) is 0. The van der Waals surface area contributed by atoms with Gasteiger partial charge in [-0.2, -0.15) is 4.31 Å². The van der Waals surface area contributed by atoms with Gasteiger partial charge in [-0.15, -0.1) is 12.4 Å². The predicted molar refractivity (Wildman–Crippen MR) is 94.2 cm³/mol. The van der Waals surface area contributed by atoms with Crippen LogP contribution in [-0.2, 0) is 19.9 Å². The minimum Gasteiger partial charge on any atom is -0.495 e. The van der Waals surface area contributed by atoms with Crippen molar-refractivity contribution in [2.24, 2.45) is 0 Å². The van der Waals surface area contributed by atoms with Gasteiger partial charge in [0, 0.05) is 19.3 Å². The average molecular weight is 399 g/mol. The summed E-state index contributed by atoms with van der Waals surface area (Å²) >= 11 is 0. The first-order valence-electron chi connectivity index (χ1n) is 7.25. The molecule has 7 nitrogen and oxygen atoms in total. The number of piperidine rings is 1. The first kappa shape index (κ1) is 21.2. The highest BCUT2D eigenvalue weighted by Crippen LogP contribution is 2.30. The van der Waals surface area contributed by atoms with Crippen molar-refractivity contribution >= 4 is 32.3 Å². The number of hydrogen-bond donors (Lipinski definition) is 1. The normalized spacial score (nSPS) is 16.7. The van der Waals surface area contributed by atoms with Gasteiger partial charge < -0.3 is 10.1 Å². The summed E-state index contributed by atoms with van der Waals surface area (Å²) in [5, 5.41) is 3.19. The maximum atomic E-state index is 12.9. The third kappa shape index (κ3) is 4.40. The van der Waals surface area contributed by atoms with E-state index in [0.717, 1.165) is 19.3 Å². The fourth-order valence-electron chi connectivity index (χ4n) is 2.61. The van der Waals surface area contributed by atoms with Crippen LogP contribution in [0.1, 0.15) is 12.8 Å². The Morgan fingerprint density at radius 2 is 1.75 bits per heavy atom. The van der Waals surface area contributed by atoms with Gasteiger partial charge in [0.05, 0.1) is 12.0 Å². The van der Waals surface area contributed by atoms with Crippen LogP contribution in [0.2, 0.25) is 0 Å². The van der Waals surface area contributed by atoms with E-state index in [1.165, 1.54) is 36.7 Å². The fraction of sp³-hybridized carbons (Fsp3) is 0.571. The van der Waals surface area contributed by atoms with Gasteiger partial charge in [0.1, 0.15) is 10.6 Å². The summed E-state index contributed by atoms with van der Waals surface area (Å²) in [5.74, 6) is 0.137. The minimum absolute atomic E-state index is 0. The predicted octanol–water partition coefficient (Wildman–Crippen LogP) is 0.893. The zero-order valence-corrected chi connectivity index (χ0v) is 16.3. The molecule has 0 unspecified atom stereocenters. The lowest BCUT2D eigenvalue weighted by molar-refractivity contribution is 0.295. The summed E-state index contributed by atoms with van der Waals surface area (Å²) in [6, 6.07) is 3.77. The van der Waals surface area contributed by atoms with Crippen molar-refractivity contribution in [1.29, 1.82) is 0 Å². The number of sulfonamides is 1. The first-order chi connectivity index (χ1) is 10.7. The second-order valence-corrected chi connectivity index (χ2v) is 9.57. The van der Waals surface area contributed by atoms with E-state index in [1.807, 2.05) is 0 Å². The molecular formula is C14H23ClN2O5S2. The Bertz CT molecular complexity index is 774. The molecule has 2 rings (SSSR count). The number of halogens is 1. The van der Waals surface area contributed by atoms with Crippen molar-refractivity contribution in [1.82, 2.24) is 9.62 Å². The van der Waals surface area contributed by atoms with Crippen molar-refractivity contribution in [3.63, 3.8) is 0 Å². The molecule has 0 bridgehead atoms. The molecule has 1 saturated heterocycles. The van der Waals surface area contributed by atoms with Crippen LogP contribution < -0.4 is 10.1 Å². The van der Waals surface area contributed by atoms with Gasteiger partial charge in [0.2, 0.25) is 10.0 Å². The van der Waals surface area contributed by atoms with Gasteiger partial charge in [-0.05, 0) is 44.1 Å². The topological polar surface area (TPSA) is 92.8 Å². The number of nitrogens with zero attached hydrogens (tertiary/aromatic N) is 1. The highest BCUT2D eigenvalue weighted by molar-refractivity contribution is 7.91. The Labute approximate surface area is 149 Å². The van der Waals surface area contributed by atoms with Crippen LogP contribution >= 0.6 is 12.4 Å². The number of benzene rings is 1. The molecule has 0 aromatic heterocycles. The van der Waals surface area contributed by atoms with Crippen LogP contribution in [0.15, 0.2) is 28.0 Å².